The Morgan fingerprint density at radius 2 is 1.66 bits per heavy atom. The topological polar surface area (TPSA) is 98.8 Å². The second-order valence-corrected chi connectivity index (χ2v) is 12.9. The third-order valence-electron chi connectivity index (χ3n) is 6.19. The molecule has 1 amide bonds. The van der Waals surface area contributed by atoms with Crippen LogP contribution in [0.1, 0.15) is 40.5 Å². The first-order valence-electron chi connectivity index (χ1n) is 13.1. The van der Waals surface area contributed by atoms with Crippen LogP contribution < -0.4 is 14.9 Å². The first-order valence-corrected chi connectivity index (χ1v) is 16.5. The second kappa shape index (κ2) is 16.6. The number of carbonyl (C=O) groups is 2. The summed E-state index contributed by atoms with van der Waals surface area (Å²) >= 11 is 11.6. The zero-order valence-corrected chi connectivity index (χ0v) is 26.1. The highest BCUT2D eigenvalue weighted by molar-refractivity contribution is 7.86. The van der Waals surface area contributed by atoms with Crippen molar-refractivity contribution in [1.82, 2.24) is 4.31 Å². The van der Waals surface area contributed by atoms with Crippen molar-refractivity contribution >= 4 is 74.4 Å². The molecule has 3 aromatic carbocycles. The number of amides is 1. The van der Waals surface area contributed by atoms with Gasteiger partial charge in [-0.2, -0.15) is 0 Å². The minimum absolute atomic E-state index is 0.200. The third kappa shape index (κ3) is 9.93. The number of carbonyl (C=O) groups excluding carboxylic acids is 2. The summed E-state index contributed by atoms with van der Waals surface area (Å²) in [5.41, 5.74) is 3.46. The van der Waals surface area contributed by atoms with E-state index in [0.717, 1.165) is 55.9 Å². The molecule has 2 aliphatic rings. The Labute approximate surface area is 256 Å². The molecule has 0 aromatic heterocycles. The van der Waals surface area contributed by atoms with Gasteiger partial charge in [0.05, 0.1) is 21.7 Å². The van der Waals surface area contributed by atoms with E-state index in [0.29, 0.717) is 32.6 Å². The van der Waals surface area contributed by atoms with E-state index in [1.54, 1.807) is 61.6 Å². The molecule has 41 heavy (non-hydrogen) atoms. The lowest BCUT2D eigenvalue weighted by Gasteiger charge is -2.16. The van der Waals surface area contributed by atoms with Crippen LogP contribution in [0.2, 0.25) is 10.0 Å². The normalized spacial score (nSPS) is 18.0. The lowest BCUT2D eigenvalue weighted by atomic mass is 10.2. The van der Waals surface area contributed by atoms with Crippen molar-refractivity contribution in [2.45, 2.75) is 19.8 Å². The van der Waals surface area contributed by atoms with Crippen LogP contribution >= 0.6 is 23.2 Å². The van der Waals surface area contributed by atoms with Crippen molar-refractivity contribution in [3.63, 3.8) is 0 Å². The van der Waals surface area contributed by atoms with E-state index in [-0.39, 0.29) is 5.91 Å². The van der Waals surface area contributed by atoms with E-state index in [4.69, 9.17) is 23.2 Å². The van der Waals surface area contributed by atoms with Crippen LogP contribution in [0.15, 0.2) is 66.7 Å². The average Bonchev–Trinajstić information content (AvgIpc) is 3.62. The fourth-order valence-electron chi connectivity index (χ4n) is 4.04. The predicted molar refractivity (Wildman–Crippen MR) is 172 cm³/mol. The number of aldehydes is 1. The summed E-state index contributed by atoms with van der Waals surface area (Å²) in [5.74, 6) is 1.38. The number of nitrogens with one attached hydrogen (secondary N) is 2. The average molecular weight is 638 g/mol. The highest BCUT2D eigenvalue weighted by Crippen LogP contribution is 2.26. The van der Waals surface area contributed by atoms with Crippen molar-refractivity contribution in [2.75, 3.05) is 53.1 Å². The largest absolute Gasteiger partial charge is 0.387 e. The van der Waals surface area contributed by atoms with Crippen molar-refractivity contribution in [3.05, 3.63) is 87.9 Å². The Hall–Kier alpha value is -2.76. The SMILES string of the molecule is CCN1CCCS1=O.CNc1cc(NC(=O)c2ccc(N3CCCS3=O)cc2)ccc1Cl.O=Cc1cccc(Cl)c1. The van der Waals surface area contributed by atoms with Gasteiger partial charge in [-0.15, -0.1) is 0 Å². The standard InChI is InChI=1S/C17H18ClN3O2S.C7H5ClO.C5H11NOS/c1-19-16-11-13(5-8-15(16)18)20-17(22)12-3-6-14(7-4-12)21-9-2-10-24(21)23;8-7-3-1-2-6(4-7)5-9;1-2-6-4-3-5-8(6)7/h3-8,11,19H,2,9-10H2,1H3,(H,20,22);1-5H;2-5H2,1H3. The predicted octanol–water partition coefficient (Wildman–Crippen LogP) is 6.04. The first kappa shape index (κ1) is 32.8. The van der Waals surface area contributed by atoms with E-state index in [2.05, 4.69) is 10.6 Å². The molecular weight excluding hydrogens is 603 g/mol. The zero-order chi connectivity index (χ0) is 29.8. The van der Waals surface area contributed by atoms with Gasteiger partial charge in [0.15, 0.2) is 0 Å². The Bertz CT molecular complexity index is 1380. The fourth-order valence-corrected chi connectivity index (χ4v) is 7.00. The van der Waals surface area contributed by atoms with Gasteiger partial charge in [-0.3, -0.25) is 13.9 Å². The molecule has 0 saturated carbocycles. The minimum atomic E-state index is -0.953. The molecule has 2 heterocycles. The Morgan fingerprint density at radius 3 is 2.17 bits per heavy atom. The van der Waals surface area contributed by atoms with Crippen molar-refractivity contribution < 1.29 is 18.0 Å². The van der Waals surface area contributed by atoms with Crippen molar-refractivity contribution in [3.8, 4) is 0 Å². The maximum Gasteiger partial charge on any atom is 0.255 e. The summed E-state index contributed by atoms with van der Waals surface area (Å²) < 4.78 is 26.6. The number of hydrogen-bond donors (Lipinski definition) is 2. The molecule has 8 nitrogen and oxygen atoms in total. The third-order valence-corrected chi connectivity index (χ3v) is 9.93. The maximum atomic E-state index is 12.4. The van der Waals surface area contributed by atoms with Crippen LogP contribution in [0, 0.1) is 0 Å². The number of benzene rings is 3. The van der Waals surface area contributed by atoms with Crippen LogP contribution in [0.25, 0.3) is 0 Å². The summed E-state index contributed by atoms with van der Waals surface area (Å²) in [7, 11) is 0.191. The minimum Gasteiger partial charge on any atom is -0.387 e. The van der Waals surface area contributed by atoms with Crippen LogP contribution in [-0.4, -0.2) is 63.1 Å². The van der Waals surface area contributed by atoms with E-state index < -0.39 is 22.0 Å². The van der Waals surface area contributed by atoms with Gasteiger partial charge in [0, 0.05) is 65.7 Å². The van der Waals surface area contributed by atoms with Gasteiger partial charge in [0.1, 0.15) is 17.3 Å². The first-order chi connectivity index (χ1) is 19.7. The number of hydrogen-bond acceptors (Lipinski definition) is 5. The van der Waals surface area contributed by atoms with Crippen molar-refractivity contribution in [2.24, 2.45) is 0 Å². The summed E-state index contributed by atoms with van der Waals surface area (Å²) in [6.45, 7) is 4.80. The van der Waals surface area contributed by atoms with Gasteiger partial charge >= 0.3 is 0 Å². The molecule has 2 unspecified atom stereocenters. The second-order valence-electron chi connectivity index (χ2n) is 9.00. The van der Waals surface area contributed by atoms with Crippen LogP contribution in [0.4, 0.5) is 17.1 Å². The highest BCUT2D eigenvalue weighted by atomic mass is 35.5. The van der Waals surface area contributed by atoms with Crippen LogP contribution in [-0.2, 0) is 22.0 Å². The molecule has 2 aliphatic heterocycles. The Kier molecular flexibility index (Phi) is 13.3. The van der Waals surface area contributed by atoms with Gasteiger partial charge in [-0.05, 0) is 67.4 Å². The lowest BCUT2D eigenvalue weighted by Crippen LogP contribution is -2.19. The Morgan fingerprint density at radius 1 is 0.951 bits per heavy atom. The molecule has 2 atom stereocenters. The molecule has 0 radical (unpaired) electrons. The van der Waals surface area contributed by atoms with Gasteiger partial charge in [-0.1, -0.05) is 42.3 Å². The number of nitrogens with zero attached hydrogens (tertiary/aromatic N) is 2. The molecule has 0 bridgehead atoms. The summed E-state index contributed by atoms with van der Waals surface area (Å²) in [6, 6.07) is 19.2. The van der Waals surface area contributed by atoms with Gasteiger partial charge in [0.2, 0.25) is 0 Å². The number of anilines is 3. The summed E-state index contributed by atoms with van der Waals surface area (Å²) in [6.07, 6.45) is 2.81. The monoisotopic (exact) mass is 636 g/mol. The van der Waals surface area contributed by atoms with E-state index in [1.165, 1.54) is 0 Å². The highest BCUT2D eigenvalue weighted by Gasteiger charge is 2.20. The van der Waals surface area contributed by atoms with Crippen LogP contribution in [0.3, 0.4) is 0 Å². The van der Waals surface area contributed by atoms with E-state index in [9.17, 15) is 18.0 Å². The smallest absolute Gasteiger partial charge is 0.255 e. The molecule has 5 rings (SSSR count). The maximum absolute atomic E-state index is 12.4. The zero-order valence-electron chi connectivity index (χ0n) is 23.0. The molecule has 2 fully saturated rings. The molecular formula is C29H34Cl2N4O4S2. The molecule has 3 aromatic rings. The van der Waals surface area contributed by atoms with Gasteiger partial charge in [-0.25, -0.2) is 12.7 Å². The van der Waals surface area contributed by atoms with Gasteiger partial charge < -0.3 is 10.6 Å². The summed E-state index contributed by atoms with van der Waals surface area (Å²) in [5, 5.41) is 7.01. The quantitative estimate of drug-likeness (QED) is 0.322. The summed E-state index contributed by atoms with van der Waals surface area (Å²) in [4.78, 5) is 22.5. The molecule has 2 saturated heterocycles. The molecule has 2 N–H and O–H groups in total. The van der Waals surface area contributed by atoms with Crippen LogP contribution in [0.5, 0.6) is 0 Å². The van der Waals surface area contributed by atoms with Gasteiger partial charge in [0.25, 0.3) is 5.91 Å². The molecule has 0 spiro atoms. The fraction of sp³-hybridized carbons (Fsp3) is 0.310. The Balaban J connectivity index is 0.000000221. The molecule has 0 aliphatic carbocycles. The number of rotatable bonds is 6. The van der Waals surface area contributed by atoms with E-state index in [1.807, 2.05) is 27.7 Å². The molecule has 12 heteroatoms. The van der Waals surface area contributed by atoms with E-state index >= 15 is 0 Å². The molecule has 220 valence electrons. The van der Waals surface area contributed by atoms with Crippen molar-refractivity contribution in [1.29, 1.82) is 0 Å². The lowest BCUT2D eigenvalue weighted by molar-refractivity contribution is 0.102. The number of halogens is 2.